The van der Waals surface area contributed by atoms with E-state index >= 15 is 0 Å². The van der Waals surface area contributed by atoms with Crippen LogP contribution in [0.2, 0.25) is 0 Å². The molecule has 46 heteroatoms. The number of carboxylic acid groups (broad SMARTS) is 3. The normalized spacial score (nSPS) is 13.0. The summed E-state index contributed by atoms with van der Waals surface area (Å²) >= 11 is 0. The number of hydrogen-bond donors (Lipinski definition) is 22. The Kier molecular flexibility index (Phi) is 63.5. The number of carbonyl (C=O) groups excluding carboxylic acids is 15. The molecule has 0 aromatic carbocycles. The third-order valence-electron chi connectivity index (χ3n) is 19.0. The number of nitrogens with one attached hydrogen (secondary N) is 14. The number of aliphatic carboxylic acids is 3. The maximum absolute atomic E-state index is 14.4. The minimum Gasteiger partial charge on any atom is -0.481 e. The molecule has 0 spiro atoms. The van der Waals surface area contributed by atoms with Crippen molar-refractivity contribution >= 4 is 107 Å². The summed E-state index contributed by atoms with van der Waals surface area (Å²) in [5.74, 6) is -17.0. The van der Waals surface area contributed by atoms with Gasteiger partial charge >= 0.3 is 17.9 Å². The molecule has 125 heavy (non-hydrogen) atoms. The van der Waals surface area contributed by atoms with Crippen LogP contribution in [-0.4, -0.2) is 326 Å². The number of H-pyrrole nitrogens is 1. The maximum atomic E-state index is 14.4. The van der Waals surface area contributed by atoms with E-state index in [0.29, 0.717) is 25.8 Å². The highest BCUT2D eigenvalue weighted by Gasteiger charge is 2.35. The molecule has 0 radical (unpaired) electrons. The van der Waals surface area contributed by atoms with Crippen LogP contribution in [0, 0.1) is 0 Å². The fourth-order valence-corrected chi connectivity index (χ4v) is 12.2. The van der Waals surface area contributed by atoms with E-state index in [1.54, 1.807) is 0 Å². The SMILES string of the molecule is CCCC[C@H](NC(=O)CCNC(=O)[C@H](CCCCN(CC(=O)O)CC(=O)O)NC(=O)[C@H](Cc1cnc[nH]1)NC(=O)[C@H](CCC(N)=O)NC(=O)[C@H](CO)NC(=O)[C@H](CO)NC(=O)[C@H](CCC(N)=O)NC(=O)[C@@H](CO)NC(=O)CNC(=O)COCCOCCNC(=O)COCCOCCNC(=O)CCCCCCCCCCCCCCCCCCC(=O)O)C(=O)NC. The Hall–Kier alpha value is -10.6. The lowest BCUT2D eigenvalue weighted by atomic mass is 10.0. The van der Waals surface area contributed by atoms with E-state index in [4.69, 9.17) is 35.5 Å². The average molecular weight is 1790 g/mol. The minimum absolute atomic E-state index is 0.00412. The zero-order valence-electron chi connectivity index (χ0n) is 71.9. The maximum Gasteiger partial charge on any atom is 0.317 e. The van der Waals surface area contributed by atoms with E-state index in [1.165, 1.54) is 83.8 Å². The van der Waals surface area contributed by atoms with Crippen LogP contribution in [0.1, 0.15) is 199 Å². The van der Waals surface area contributed by atoms with E-state index in [-0.39, 0.29) is 110 Å². The Bertz CT molecular complexity index is 3400. The molecule has 0 unspecified atom stereocenters. The summed E-state index contributed by atoms with van der Waals surface area (Å²) in [6, 6.07) is -13.5. The molecule has 0 fully saturated rings. The number of aromatic amines is 1. The first-order valence-corrected chi connectivity index (χ1v) is 42.6. The Labute approximate surface area is 726 Å². The van der Waals surface area contributed by atoms with Gasteiger partial charge in [0.2, 0.25) is 88.6 Å². The van der Waals surface area contributed by atoms with Crippen molar-refractivity contribution in [1.29, 1.82) is 0 Å². The molecule has 0 aliphatic heterocycles. The highest BCUT2D eigenvalue weighted by Crippen LogP contribution is 2.16. The first-order chi connectivity index (χ1) is 59.9. The van der Waals surface area contributed by atoms with Crippen LogP contribution in [0.3, 0.4) is 0 Å². The predicted octanol–water partition coefficient (Wildman–Crippen LogP) is -5.06. The van der Waals surface area contributed by atoms with Crippen LogP contribution in [-0.2, 0) is 112 Å². The van der Waals surface area contributed by atoms with Gasteiger partial charge in [-0.3, -0.25) is 91.2 Å². The van der Waals surface area contributed by atoms with Gasteiger partial charge in [-0.15, -0.1) is 0 Å². The number of amides is 15. The van der Waals surface area contributed by atoms with Crippen molar-refractivity contribution in [3.8, 4) is 0 Å². The lowest BCUT2D eigenvalue weighted by molar-refractivity contribution is -0.142. The highest BCUT2D eigenvalue weighted by molar-refractivity contribution is 5.99. The van der Waals surface area contributed by atoms with E-state index in [1.807, 2.05) is 6.92 Å². The first kappa shape index (κ1) is 112. The van der Waals surface area contributed by atoms with Crippen LogP contribution in [0.4, 0.5) is 0 Å². The number of carboxylic acids is 3. The number of aliphatic hydroxyl groups is 3. The quantitative estimate of drug-likeness (QED) is 0.0271. The van der Waals surface area contributed by atoms with Crippen molar-refractivity contribution < 1.29 is 136 Å². The molecule has 710 valence electrons. The summed E-state index contributed by atoms with van der Waals surface area (Å²) in [5, 5.41) is 89.2. The second-order valence-electron chi connectivity index (χ2n) is 29.6. The molecule has 0 saturated carbocycles. The fourth-order valence-electron chi connectivity index (χ4n) is 12.2. The number of unbranched alkanes of at least 4 members (excludes halogenated alkanes) is 17. The second-order valence-corrected chi connectivity index (χ2v) is 29.6. The third kappa shape index (κ3) is 58.2. The summed E-state index contributed by atoms with van der Waals surface area (Å²) in [5.41, 5.74) is 10.9. The van der Waals surface area contributed by atoms with E-state index in [9.17, 15) is 112 Å². The Morgan fingerprint density at radius 1 is 0.376 bits per heavy atom. The van der Waals surface area contributed by atoms with Gasteiger partial charge < -0.3 is 135 Å². The van der Waals surface area contributed by atoms with Crippen LogP contribution >= 0.6 is 0 Å². The Balaban J connectivity index is 2.77. The fraction of sp³-hybridized carbons (Fsp3) is 0.734. The summed E-state index contributed by atoms with van der Waals surface area (Å²) in [7, 11) is 1.40. The Morgan fingerprint density at radius 2 is 0.768 bits per heavy atom. The monoisotopic (exact) mass is 1780 g/mol. The summed E-state index contributed by atoms with van der Waals surface area (Å²) < 4.78 is 21.4. The van der Waals surface area contributed by atoms with Crippen LogP contribution in [0.5, 0.6) is 0 Å². The molecule has 46 nitrogen and oxygen atoms in total. The molecule has 0 saturated heterocycles. The summed E-state index contributed by atoms with van der Waals surface area (Å²) in [6.45, 7) is -3.78. The molecule has 0 aliphatic rings. The number of nitrogens with zero attached hydrogens (tertiary/aromatic N) is 2. The molecule has 0 bridgehead atoms. The van der Waals surface area contributed by atoms with Gasteiger partial charge in [0.25, 0.3) is 0 Å². The molecule has 1 heterocycles. The summed E-state index contributed by atoms with van der Waals surface area (Å²) in [6.07, 6.45) is 19.9. The van der Waals surface area contributed by atoms with Gasteiger partial charge in [0.05, 0.1) is 85.4 Å². The van der Waals surface area contributed by atoms with Crippen molar-refractivity contribution in [2.75, 3.05) is 126 Å². The predicted molar refractivity (Wildman–Crippen MR) is 446 cm³/mol. The number of primary amides is 2. The van der Waals surface area contributed by atoms with Crippen LogP contribution < -0.4 is 80.6 Å². The van der Waals surface area contributed by atoms with Crippen molar-refractivity contribution in [2.45, 2.75) is 248 Å². The smallest absolute Gasteiger partial charge is 0.317 e. The number of imidazole rings is 1. The number of nitrogens with two attached hydrogens (primary N) is 2. The number of carbonyl (C=O) groups is 18. The van der Waals surface area contributed by atoms with Crippen LogP contribution in [0.15, 0.2) is 12.5 Å². The van der Waals surface area contributed by atoms with Crippen molar-refractivity contribution in [3.05, 3.63) is 18.2 Å². The lowest BCUT2D eigenvalue weighted by Crippen LogP contribution is -2.61. The molecular formula is C79H136N18O28. The third-order valence-corrected chi connectivity index (χ3v) is 19.0. The van der Waals surface area contributed by atoms with E-state index in [2.05, 4.69) is 79.1 Å². The first-order valence-electron chi connectivity index (χ1n) is 42.6. The van der Waals surface area contributed by atoms with Gasteiger partial charge in [0.15, 0.2) is 0 Å². The number of aliphatic hydroxyl groups excluding tert-OH is 3. The van der Waals surface area contributed by atoms with E-state index < -0.39 is 227 Å². The molecule has 1 rings (SSSR count). The van der Waals surface area contributed by atoms with Gasteiger partial charge in [-0.1, -0.05) is 110 Å². The summed E-state index contributed by atoms with van der Waals surface area (Å²) in [4.78, 5) is 238. The standard InChI is InChI=1S/C79H136N18O28/c1-3-4-23-54(72(114)82-2)89-65(104)31-32-86-73(115)55(24-21-22-35-97(45-70(110)111)46-71(112)113)91-76(118)58(42-53-43-83-52-88-53)94-74(116)56(27-29-62(80)101)93-78(120)60(48-99)96-79(121)61(49-100)95-75(117)57(28-30-63(81)102)92-77(119)59(47-98)90-66(105)44-87-68(107)51-125-41-39-123-37-34-85-67(106)50-124-40-38-122-36-33-84-64(103)25-19-17-15-13-11-9-7-5-6-8-10-12-14-16-18-20-26-69(108)109/h43,52,54-61,98-100H,3-42,44-51H2,1-2H3,(H2,80,101)(H2,81,102)(H,82,114)(H,83,88)(H,84,103)(H,85,106)(H,86,115)(H,87,107)(H,89,104)(H,90,105)(H,91,118)(H,92,119)(H,93,120)(H,94,116)(H,95,117)(H,96,121)(H,108,109)(H,110,111)(H,112,113)/t54-,55-,56-,57-,58-,59+,60-,61-/m0/s1. The molecule has 1 aromatic heterocycles. The van der Waals surface area contributed by atoms with Crippen molar-refractivity contribution in [1.82, 2.24) is 84.0 Å². The van der Waals surface area contributed by atoms with Crippen LogP contribution in [0.25, 0.3) is 0 Å². The number of hydrogen-bond acceptors (Lipinski definition) is 27. The molecule has 8 atom stereocenters. The van der Waals surface area contributed by atoms with Gasteiger partial charge in [-0.2, -0.15) is 0 Å². The molecule has 1 aromatic rings. The number of ether oxygens (including phenoxy) is 4. The van der Waals surface area contributed by atoms with Gasteiger partial charge in [0.1, 0.15) is 61.5 Å². The topological polar surface area (TPSA) is 706 Å². The second kappa shape index (κ2) is 70.6. The number of likely N-dealkylation sites (N-methyl/N-ethyl adjacent to an activating group) is 1. The Morgan fingerprint density at radius 3 is 1.21 bits per heavy atom. The molecule has 0 aliphatic carbocycles. The molecule has 15 amide bonds. The molecular weight excluding hydrogens is 1650 g/mol. The van der Waals surface area contributed by atoms with E-state index in [0.717, 1.165) is 49.8 Å². The number of aromatic nitrogens is 2. The van der Waals surface area contributed by atoms with Crippen molar-refractivity contribution in [3.63, 3.8) is 0 Å². The average Bonchev–Trinajstić information content (AvgIpc) is 1.77. The largest absolute Gasteiger partial charge is 0.481 e. The zero-order chi connectivity index (χ0) is 93.0. The van der Waals surface area contributed by atoms with Gasteiger partial charge in [-0.25, -0.2) is 4.98 Å². The van der Waals surface area contributed by atoms with Crippen molar-refractivity contribution in [2.24, 2.45) is 11.5 Å². The highest BCUT2D eigenvalue weighted by atomic mass is 16.5. The zero-order valence-corrected chi connectivity index (χ0v) is 71.9. The lowest BCUT2D eigenvalue weighted by Gasteiger charge is -2.27. The number of rotatable bonds is 79. The van der Waals surface area contributed by atoms with Gasteiger partial charge in [-0.05, 0) is 57.9 Å². The minimum atomic E-state index is -2.04. The molecule has 24 N–H and O–H groups in total. The van der Waals surface area contributed by atoms with Gasteiger partial charge in [0, 0.05) is 77.1 Å².